The Bertz CT molecular complexity index is 1070. The van der Waals surface area contributed by atoms with Gasteiger partial charge in [-0.1, -0.05) is 23.2 Å². The van der Waals surface area contributed by atoms with Gasteiger partial charge in [0.25, 0.3) is 0 Å². The molecule has 0 aromatic heterocycles. The molecule has 0 radical (unpaired) electrons. The third kappa shape index (κ3) is 11.0. The SMILES string of the molecule is [2H]C(Cl)(Cl)C(=NCl)OC1O[C@H](COC(=O)C(C)(C)C)[C@H](OC(=O)C(C)(C)C)[C@H](OC(=O)C(C)(C)C)[C@H]1OC(=O)C(C)(C)C. The molecule has 14 heteroatoms. The Morgan fingerprint density at radius 2 is 1.07 bits per heavy atom. The van der Waals surface area contributed by atoms with Gasteiger partial charge in [-0.15, -0.1) is 4.51 Å². The highest BCUT2D eigenvalue weighted by atomic mass is 35.5. The lowest BCUT2D eigenvalue weighted by Gasteiger charge is -2.45. The van der Waals surface area contributed by atoms with Crippen LogP contribution in [0.3, 0.4) is 0 Å². The molecule has 0 spiro atoms. The molecule has 11 nitrogen and oxygen atoms in total. The first-order chi connectivity index (χ1) is 19.1. The topological polar surface area (TPSA) is 136 Å². The molecule has 1 aliphatic rings. The number of halogens is 3. The van der Waals surface area contributed by atoms with Gasteiger partial charge in [-0.3, -0.25) is 19.2 Å². The lowest BCUT2D eigenvalue weighted by atomic mass is 9.93. The summed E-state index contributed by atoms with van der Waals surface area (Å²) in [5.41, 5.74) is -4.07. The summed E-state index contributed by atoms with van der Waals surface area (Å²) in [5, 5.41) is 0. The van der Waals surface area contributed by atoms with Gasteiger partial charge in [0.15, 0.2) is 17.0 Å². The van der Waals surface area contributed by atoms with Crippen molar-refractivity contribution in [3.8, 4) is 0 Å². The van der Waals surface area contributed by atoms with Crippen LogP contribution in [0.4, 0.5) is 0 Å². The van der Waals surface area contributed by atoms with E-state index in [4.69, 9.17) is 64.8 Å². The molecule has 5 atom stereocenters. The fourth-order valence-corrected chi connectivity index (χ4v) is 3.38. The maximum atomic E-state index is 13.3. The molecule has 1 unspecified atom stereocenters. The summed E-state index contributed by atoms with van der Waals surface area (Å²) in [6.45, 7) is 18.7. The molecule has 1 rings (SSSR count). The average Bonchev–Trinajstić information content (AvgIpc) is 2.80. The van der Waals surface area contributed by atoms with E-state index in [2.05, 4.69) is 4.51 Å². The van der Waals surface area contributed by atoms with E-state index in [9.17, 15) is 19.2 Å². The van der Waals surface area contributed by atoms with E-state index in [0.717, 1.165) is 0 Å². The van der Waals surface area contributed by atoms with Gasteiger partial charge in [0.05, 0.1) is 23.0 Å². The third-order valence-electron chi connectivity index (χ3n) is 5.61. The van der Waals surface area contributed by atoms with E-state index in [1.165, 1.54) is 0 Å². The van der Waals surface area contributed by atoms with Gasteiger partial charge in [0.1, 0.15) is 12.7 Å². The minimum Gasteiger partial charge on any atom is -0.462 e. The summed E-state index contributed by atoms with van der Waals surface area (Å²) in [6, 6.07) is 0. The Morgan fingerprint density at radius 1 is 0.690 bits per heavy atom. The van der Waals surface area contributed by atoms with Crippen molar-refractivity contribution < 1.29 is 49.0 Å². The number of rotatable bonds is 7. The fraction of sp³-hybridized carbons (Fsp3) is 0.821. The van der Waals surface area contributed by atoms with Crippen LogP contribution in [0.15, 0.2) is 4.51 Å². The summed E-state index contributed by atoms with van der Waals surface area (Å²) >= 11 is 17.3. The average molecular weight is 662 g/mol. The van der Waals surface area contributed by atoms with Gasteiger partial charge in [-0.2, -0.15) is 0 Å². The summed E-state index contributed by atoms with van der Waals surface area (Å²) < 4.78 is 45.8. The standard InChI is InChI=1S/C28H44Cl3NO10/c1-25(2,3)21(33)37-13-14-15(39-22(34)26(4,5)6)16(40-23(35)27(7,8)9)17(41-24(36)28(10,11)12)20(38-14)42-19(32-31)18(29)30/h14-18,20H,13H2,1-12H3/t14-,15+,16+,17-,20?/m1/s1/i18D. The fourth-order valence-electron chi connectivity index (χ4n) is 2.99. The van der Waals surface area contributed by atoms with E-state index >= 15 is 0 Å². The van der Waals surface area contributed by atoms with Crippen LogP contribution < -0.4 is 0 Å². The number of alkyl halides is 2. The van der Waals surface area contributed by atoms with E-state index in [1.807, 2.05) is 0 Å². The van der Waals surface area contributed by atoms with Crippen molar-refractivity contribution in [3.63, 3.8) is 0 Å². The van der Waals surface area contributed by atoms with Crippen LogP contribution in [0.25, 0.3) is 0 Å². The molecule has 1 heterocycles. The van der Waals surface area contributed by atoms with Crippen LogP contribution >= 0.6 is 35.0 Å². The number of carbonyl (C=O) groups is 4. The zero-order valence-corrected chi connectivity index (χ0v) is 28.5. The Labute approximate surface area is 264 Å². The van der Waals surface area contributed by atoms with Crippen LogP contribution in [0.5, 0.6) is 0 Å². The number of hydrogen-bond donors (Lipinski definition) is 0. The van der Waals surface area contributed by atoms with Crippen LogP contribution in [0.1, 0.15) is 84.5 Å². The molecular formula is C28H44Cl3NO10. The van der Waals surface area contributed by atoms with Crippen molar-refractivity contribution in [2.75, 3.05) is 6.61 Å². The van der Waals surface area contributed by atoms with Gasteiger partial charge in [-0.25, -0.2) is 0 Å². The first-order valence-corrected chi connectivity index (χ1v) is 14.4. The van der Waals surface area contributed by atoms with Crippen molar-refractivity contribution in [1.82, 2.24) is 0 Å². The van der Waals surface area contributed by atoms with Crippen molar-refractivity contribution in [1.29, 1.82) is 0 Å². The maximum Gasteiger partial charge on any atom is 0.311 e. The molecule has 1 saturated heterocycles. The first kappa shape index (κ1) is 36.4. The largest absolute Gasteiger partial charge is 0.462 e. The number of hydrogen-bond acceptors (Lipinski definition) is 11. The quantitative estimate of drug-likeness (QED) is 0.112. The van der Waals surface area contributed by atoms with Crippen molar-refractivity contribution in [2.45, 2.75) is 119 Å². The minimum atomic E-state index is -2.52. The highest BCUT2D eigenvalue weighted by Crippen LogP contribution is 2.35. The number of esters is 4. The predicted octanol–water partition coefficient (Wildman–Crippen LogP) is 5.55. The normalized spacial score (nSPS) is 24.7. The van der Waals surface area contributed by atoms with Crippen molar-refractivity contribution in [3.05, 3.63) is 0 Å². The molecule has 0 N–H and O–H groups in total. The number of ether oxygens (including phenoxy) is 6. The highest BCUT2D eigenvalue weighted by molar-refractivity contribution is 6.54. The van der Waals surface area contributed by atoms with Gasteiger partial charge >= 0.3 is 23.9 Å². The van der Waals surface area contributed by atoms with E-state index in [1.54, 1.807) is 83.1 Å². The molecule has 42 heavy (non-hydrogen) atoms. The van der Waals surface area contributed by atoms with E-state index in [-0.39, 0.29) is 0 Å². The van der Waals surface area contributed by atoms with Gasteiger partial charge in [0.2, 0.25) is 18.3 Å². The van der Waals surface area contributed by atoms with Crippen LogP contribution in [0, 0.1) is 21.7 Å². The molecule has 0 aromatic carbocycles. The van der Waals surface area contributed by atoms with Gasteiger partial charge < -0.3 is 28.4 Å². The van der Waals surface area contributed by atoms with Gasteiger partial charge in [0, 0.05) is 11.8 Å². The van der Waals surface area contributed by atoms with E-state index < -0.39 is 93.6 Å². The maximum absolute atomic E-state index is 13.3. The minimum absolute atomic E-state index is 0.511. The zero-order valence-electron chi connectivity index (χ0n) is 27.3. The molecule has 0 aromatic rings. The second kappa shape index (κ2) is 14.3. The van der Waals surface area contributed by atoms with Crippen LogP contribution in [-0.2, 0) is 47.6 Å². The second-order valence-electron chi connectivity index (χ2n) is 14.0. The summed E-state index contributed by atoms with van der Waals surface area (Å²) in [5.74, 6) is -3.64. The van der Waals surface area contributed by atoms with Gasteiger partial charge in [-0.05, 0) is 83.1 Å². The summed E-state index contributed by atoms with van der Waals surface area (Å²) in [6.07, 6.45) is -7.80. The molecule has 0 saturated carbocycles. The molecule has 0 bridgehead atoms. The Balaban J connectivity index is 3.88. The van der Waals surface area contributed by atoms with Crippen LogP contribution in [0.2, 0.25) is 0 Å². The smallest absolute Gasteiger partial charge is 0.311 e. The van der Waals surface area contributed by atoms with E-state index in [0.29, 0.717) is 0 Å². The Morgan fingerprint density at radius 3 is 1.43 bits per heavy atom. The molecular weight excluding hydrogens is 617 g/mol. The summed E-state index contributed by atoms with van der Waals surface area (Å²) in [7, 11) is 0. The van der Waals surface area contributed by atoms with Crippen LogP contribution in [-0.4, -0.2) is 71.9 Å². The lowest BCUT2D eigenvalue weighted by molar-refractivity contribution is -0.296. The Hall–Kier alpha value is -1.82. The predicted molar refractivity (Wildman–Crippen MR) is 157 cm³/mol. The monoisotopic (exact) mass is 660 g/mol. The second-order valence-corrected chi connectivity index (χ2v) is 15.1. The molecule has 0 aliphatic carbocycles. The number of nitrogens with zero attached hydrogens (tertiary/aromatic N) is 1. The first-order valence-electron chi connectivity index (χ1n) is 13.8. The lowest BCUT2D eigenvalue weighted by Crippen LogP contribution is -2.64. The van der Waals surface area contributed by atoms with Crippen molar-refractivity contribution >= 4 is 64.8 Å². The zero-order chi connectivity index (χ0) is 33.9. The Kier molecular flexibility index (Phi) is 12.4. The molecule has 1 aliphatic heterocycles. The summed E-state index contributed by atoms with van der Waals surface area (Å²) in [4.78, 5) is 49.7. The molecule has 242 valence electrons. The van der Waals surface area contributed by atoms with Crippen molar-refractivity contribution in [2.24, 2.45) is 26.2 Å². The highest BCUT2D eigenvalue weighted by Gasteiger charge is 2.56. The molecule has 1 fully saturated rings. The number of carbonyl (C=O) groups excluding carboxylic acids is 4. The third-order valence-corrected chi connectivity index (χ3v) is 6.09. The molecule has 0 amide bonds.